The molecule has 0 aliphatic heterocycles. The molecule has 98 valence electrons. The van der Waals surface area contributed by atoms with E-state index < -0.39 is 5.60 Å². The van der Waals surface area contributed by atoms with Gasteiger partial charge in [0.1, 0.15) is 4.99 Å². The maximum absolute atomic E-state index is 10.4. The van der Waals surface area contributed by atoms with Crippen molar-refractivity contribution in [2.45, 2.75) is 31.3 Å². The van der Waals surface area contributed by atoms with Crippen LogP contribution in [0.1, 0.15) is 31.4 Å². The second-order valence-corrected chi connectivity index (χ2v) is 5.49. The van der Waals surface area contributed by atoms with E-state index in [4.69, 9.17) is 18.0 Å². The fourth-order valence-electron chi connectivity index (χ4n) is 2.48. The zero-order valence-electron chi connectivity index (χ0n) is 10.6. The lowest BCUT2D eigenvalue weighted by Crippen LogP contribution is -2.39. The van der Waals surface area contributed by atoms with E-state index in [2.05, 4.69) is 4.98 Å². The van der Waals surface area contributed by atoms with Crippen molar-refractivity contribution < 1.29 is 5.11 Å². The Labute approximate surface area is 113 Å². The topological polar surface area (TPSA) is 62.4 Å². The average Bonchev–Trinajstić information content (AvgIpc) is 2.76. The van der Waals surface area contributed by atoms with Gasteiger partial charge < -0.3 is 15.7 Å². The molecule has 1 aromatic heterocycles. The van der Waals surface area contributed by atoms with Crippen LogP contribution in [0.2, 0.25) is 0 Å². The van der Waals surface area contributed by atoms with Gasteiger partial charge in [0.15, 0.2) is 0 Å². The highest BCUT2D eigenvalue weighted by atomic mass is 32.1. The maximum Gasteiger partial charge on any atom is 0.122 e. The van der Waals surface area contributed by atoms with E-state index >= 15 is 0 Å². The first-order valence-electron chi connectivity index (χ1n) is 6.20. The minimum atomic E-state index is -0.545. The molecule has 0 amide bonds. The largest absolute Gasteiger partial charge is 0.388 e. The SMILES string of the molecule is CN(CC1(O)CCCC1)c1ccc(C(N)=S)nc1. The summed E-state index contributed by atoms with van der Waals surface area (Å²) >= 11 is 4.87. The number of anilines is 1. The predicted octanol–water partition coefficient (Wildman–Crippen LogP) is 1.46. The van der Waals surface area contributed by atoms with Crippen LogP contribution in [0.15, 0.2) is 18.3 Å². The Morgan fingerprint density at radius 2 is 2.17 bits per heavy atom. The lowest BCUT2D eigenvalue weighted by Gasteiger charge is -2.29. The Morgan fingerprint density at radius 1 is 1.50 bits per heavy atom. The van der Waals surface area contributed by atoms with Gasteiger partial charge in [-0.1, -0.05) is 25.1 Å². The third-order valence-electron chi connectivity index (χ3n) is 3.51. The summed E-state index contributed by atoms with van der Waals surface area (Å²) in [5.74, 6) is 0. The monoisotopic (exact) mass is 265 g/mol. The fourth-order valence-corrected chi connectivity index (χ4v) is 2.60. The van der Waals surface area contributed by atoms with Gasteiger partial charge in [-0.3, -0.25) is 4.98 Å². The highest BCUT2D eigenvalue weighted by Gasteiger charge is 2.32. The number of hydrogen-bond acceptors (Lipinski definition) is 4. The third kappa shape index (κ3) is 2.97. The van der Waals surface area contributed by atoms with E-state index in [9.17, 15) is 5.11 Å². The molecule has 0 unspecified atom stereocenters. The van der Waals surface area contributed by atoms with Gasteiger partial charge in [0.05, 0.1) is 23.2 Å². The molecule has 1 aromatic rings. The second-order valence-electron chi connectivity index (χ2n) is 5.05. The summed E-state index contributed by atoms with van der Waals surface area (Å²) < 4.78 is 0. The van der Waals surface area contributed by atoms with Gasteiger partial charge in [-0.2, -0.15) is 0 Å². The lowest BCUT2D eigenvalue weighted by molar-refractivity contribution is 0.0559. The van der Waals surface area contributed by atoms with Crippen LogP contribution in [0.5, 0.6) is 0 Å². The molecule has 5 heteroatoms. The quantitative estimate of drug-likeness (QED) is 0.807. The fraction of sp³-hybridized carbons (Fsp3) is 0.538. The Morgan fingerprint density at radius 3 is 2.67 bits per heavy atom. The highest BCUT2D eigenvalue weighted by molar-refractivity contribution is 7.80. The van der Waals surface area contributed by atoms with Gasteiger partial charge in [0, 0.05) is 13.6 Å². The van der Waals surface area contributed by atoms with Gasteiger partial charge in [-0.15, -0.1) is 0 Å². The van der Waals surface area contributed by atoms with Crippen LogP contribution in [-0.4, -0.2) is 34.3 Å². The van der Waals surface area contributed by atoms with E-state index in [0.717, 1.165) is 31.4 Å². The summed E-state index contributed by atoms with van der Waals surface area (Å²) in [5.41, 5.74) is 6.56. The molecule has 1 heterocycles. The normalized spacial score (nSPS) is 17.7. The van der Waals surface area contributed by atoms with Gasteiger partial charge >= 0.3 is 0 Å². The molecule has 1 saturated carbocycles. The zero-order valence-corrected chi connectivity index (χ0v) is 11.4. The number of likely N-dealkylation sites (N-methyl/N-ethyl adjacent to an activating group) is 1. The molecule has 0 spiro atoms. The smallest absolute Gasteiger partial charge is 0.122 e. The van der Waals surface area contributed by atoms with Crippen LogP contribution in [0.25, 0.3) is 0 Å². The minimum Gasteiger partial charge on any atom is -0.388 e. The van der Waals surface area contributed by atoms with Crippen LogP contribution < -0.4 is 10.6 Å². The highest BCUT2D eigenvalue weighted by Crippen LogP contribution is 2.30. The Hall–Kier alpha value is -1.20. The first-order valence-corrected chi connectivity index (χ1v) is 6.60. The molecule has 0 radical (unpaired) electrons. The van der Waals surface area contributed by atoms with Gasteiger partial charge in [0.25, 0.3) is 0 Å². The molecule has 18 heavy (non-hydrogen) atoms. The molecule has 0 saturated heterocycles. The van der Waals surface area contributed by atoms with Crippen molar-refractivity contribution >= 4 is 22.9 Å². The zero-order chi connectivity index (χ0) is 13.2. The van der Waals surface area contributed by atoms with Crippen molar-refractivity contribution in [3.05, 3.63) is 24.0 Å². The number of pyridine rings is 1. The number of nitrogens with zero attached hydrogens (tertiary/aromatic N) is 2. The predicted molar refractivity (Wildman–Crippen MR) is 76.8 cm³/mol. The number of nitrogens with two attached hydrogens (primary N) is 1. The summed E-state index contributed by atoms with van der Waals surface area (Å²) in [7, 11) is 1.97. The Balaban J connectivity index is 2.04. The molecule has 1 fully saturated rings. The molecular formula is C13H19N3OS. The van der Waals surface area contributed by atoms with Gasteiger partial charge in [-0.05, 0) is 25.0 Å². The van der Waals surface area contributed by atoms with Crippen molar-refractivity contribution in [2.24, 2.45) is 5.73 Å². The number of aromatic nitrogens is 1. The van der Waals surface area contributed by atoms with Crippen LogP contribution in [0.4, 0.5) is 5.69 Å². The van der Waals surface area contributed by atoms with Crippen molar-refractivity contribution in [3.8, 4) is 0 Å². The number of aliphatic hydroxyl groups is 1. The molecule has 0 bridgehead atoms. The maximum atomic E-state index is 10.4. The summed E-state index contributed by atoms with van der Waals surface area (Å²) in [4.78, 5) is 6.54. The molecule has 0 atom stereocenters. The van der Waals surface area contributed by atoms with Gasteiger partial charge in [-0.25, -0.2) is 0 Å². The van der Waals surface area contributed by atoms with E-state index in [1.807, 2.05) is 24.1 Å². The van der Waals surface area contributed by atoms with E-state index in [-0.39, 0.29) is 0 Å². The minimum absolute atomic E-state index is 0.304. The molecule has 4 nitrogen and oxygen atoms in total. The molecule has 1 aliphatic carbocycles. The number of thiocarbonyl (C=S) groups is 1. The van der Waals surface area contributed by atoms with E-state index in [1.54, 1.807) is 6.20 Å². The van der Waals surface area contributed by atoms with Crippen molar-refractivity contribution in [2.75, 3.05) is 18.5 Å². The average molecular weight is 265 g/mol. The third-order valence-corrected chi connectivity index (χ3v) is 3.72. The molecule has 0 aromatic carbocycles. The summed E-state index contributed by atoms with van der Waals surface area (Å²) in [6, 6.07) is 3.74. The summed E-state index contributed by atoms with van der Waals surface area (Å²) in [5, 5.41) is 10.4. The van der Waals surface area contributed by atoms with Crippen LogP contribution in [0.3, 0.4) is 0 Å². The first-order chi connectivity index (χ1) is 8.50. The molecular weight excluding hydrogens is 246 g/mol. The van der Waals surface area contributed by atoms with Crippen molar-refractivity contribution in [3.63, 3.8) is 0 Å². The van der Waals surface area contributed by atoms with Crippen LogP contribution >= 0.6 is 12.2 Å². The Kier molecular flexibility index (Phi) is 3.82. The van der Waals surface area contributed by atoms with E-state index in [0.29, 0.717) is 17.2 Å². The van der Waals surface area contributed by atoms with Crippen LogP contribution in [-0.2, 0) is 0 Å². The van der Waals surface area contributed by atoms with Crippen LogP contribution in [0, 0.1) is 0 Å². The molecule has 1 aliphatic rings. The number of hydrogen-bond donors (Lipinski definition) is 2. The summed E-state index contributed by atoms with van der Waals surface area (Å²) in [6.45, 7) is 0.640. The summed E-state index contributed by atoms with van der Waals surface area (Å²) in [6.07, 6.45) is 5.74. The van der Waals surface area contributed by atoms with Crippen molar-refractivity contribution in [1.29, 1.82) is 0 Å². The first kappa shape index (κ1) is 13.2. The molecule has 2 rings (SSSR count). The van der Waals surface area contributed by atoms with Gasteiger partial charge in [0.2, 0.25) is 0 Å². The lowest BCUT2D eigenvalue weighted by atomic mass is 10.0. The van der Waals surface area contributed by atoms with E-state index in [1.165, 1.54) is 0 Å². The molecule has 3 N–H and O–H groups in total. The Bertz CT molecular complexity index is 426. The standard InChI is InChI=1S/C13H19N3OS/c1-16(9-13(17)6-2-3-7-13)10-4-5-11(12(14)18)15-8-10/h4-5,8,17H,2-3,6-7,9H2,1H3,(H2,14,18). The van der Waals surface area contributed by atoms with Crippen molar-refractivity contribution in [1.82, 2.24) is 4.98 Å². The number of rotatable bonds is 4. The second kappa shape index (κ2) is 5.20.